The van der Waals surface area contributed by atoms with Crippen LogP contribution in [-0.2, 0) is 13.8 Å². The minimum absolute atomic E-state index is 0.0523. The molecule has 1 N–H and O–H groups in total. The molecule has 0 spiro atoms. The van der Waals surface area contributed by atoms with E-state index in [2.05, 4.69) is 5.32 Å². The van der Waals surface area contributed by atoms with Crippen LogP contribution >= 0.6 is 10.7 Å². The molecule has 0 radical (unpaired) electrons. The first-order chi connectivity index (χ1) is 8.36. The molecule has 1 rings (SSSR count). The molecule has 1 amide bonds. The van der Waals surface area contributed by atoms with E-state index in [1.165, 1.54) is 13.2 Å². The zero-order chi connectivity index (χ0) is 13.8. The van der Waals surface area contributed by atoms with Crippen molar-refractivity contribution in [1.82, 2.24) is 5.32 Å². The number of carbonyl (C=O) groups is 1. The molecule has 0 saturated carbocycles. The molecule has 18 heavy (non-hydrogen) atoms. The first-order valence-electron chi connectivity index (χ1n) is 5.18. The van der Waals surface area contributed by atoms with Crippen LogP contribution in [0.4, 0.5) is 0 Å². The van der Waals surface area contributed by atoms with Crippen LogP contribution in [0.3, 0.4) is 0 Å². The van der Waals surface area contributed by atoms with E-state index in [-0.39, 0.29) is 16.4 Å². The first-order valence-corrected chi connectivity index (χ1v) is 7.49. The normalized spacial score (nSPS) is 11.3. The van der Waals surface area contributed by atoms with Crippen molar-refractivity contribution in [2.45, 2.75) is 11.8 Å². The van der Waals surface area contributed by atoms with Crippen molar-refractivity contribution in [2.24, 2.45) is 0 Å². The molecule has 5 nitrogen and oxygen atoms in total. The van der Waals surface area contributed by atoms with Gasteiger partial charge in [0.25, 0.3) is 15.0 Å². The zero-order valence-electron chi connectivity index (χ0n) is 10.1. The second-order valence-corrected chi connectivity index (χ2v) is 6.20. The Labute approximate surface area is 111 Å². The van der Waals surface area contributed by atoms with E-state index < -0.39 is 9.05 Å². The molecule has 0 fully saturated rings. The second-order valence-electron chi connectivity index (χ2n) is 3.67. The van der Waals surface area contributed by atoms with E-state index in [0.717, 1.165) is 0 Å². The van der Waals surface area contributed by atoms with Gasteiger partial charge < -0.3 is 10.1 Å². The smallest absolute Gasteiger partial charge is 0.261 e. The number of halogens is 1. The number of nitrogens with one attached hydrogen (secondary N) is 1. The van der Waals surface area contributed by atoms with Gasteiger partial charge in [-0.05, 0) is 24.6 Å². The van der Waals surface area contributed by atoms with Gasteiger partial charge in [0, 0.05) is 29.9 Å². The van der Waals surface area contributed by atoms with Crippen LogP contribution in [0.25, 0.3) is 0 Å². The maximum atomic E-state index is 11.7. The monoisotopic (exact) mass is 291 g/mol. The Hall–Kier alpha value is -1.11. The summed E-state index contributed by atoms with van der Waals surface area (Å²) in [5, 5.41) is 2.60. The van der Waals surface area contributed by atoms with Gasteiger partial charge >= 0.3 is 0 Å². The molecule has 7 heteroatoms. The molecule has 100 valence electrons. The summed E-state index contributed by atoms with van der Waals surface area (Å²) in [6.45, 7) is 2.35. The Bertz CT molecular complexity index is 542. The fraction of sp³-hybridized carbons (Fsp3) is 0.364. The molecular weight excluding hydrogens is 278 g/mol. The number of methoxy groups -OCH3 is 1. The summed E-state index contributed by atoms with van der Waals surface area (Å²) in [4.78, 5) is 11.7. The molecule has 0 bridgehead atoms. The van der Waals surface area contributed by atoms with Crippen molar-refractivity contribution in [3.63, 3.8) is 0 Å². The molecular formula is C11H14ClNO4S. The number of hydrogen-bond donors (Lipinski definition) is 1. The van der Waals surface area contributed by atoms with Gasteiger partial charge in [0.15, 0.2) is 0 Å². The summed E-state index contributed by atoms with van der Waals surface area (Å²) in [5.74, 6) is -0.367. The SMILES string of the molecule is COCCNC(=O)c1ccc(C)c(S(=O)(=O)Cl)c1. The molecule has 0 aliphatic carbocycles. The lowest BCUT2D eigenvalue weighted by Crippen LogP contribution is -2.27. The number of carbonyl (C=O) groups excluding carboxylic acids is 1. The van der Waals surface area contributed by atoms with Crippen LogP contribution in [0.15, 0.2) is 23.1 Å². The van der Waals surface area contributed by atoms with Gasteiger partial charge in [-0.2, -0.15) is 0 Å². The van der Waals surface area contributed by atoms with Gasteiger partial charge in [-0.3, -0.25) is 4.79 Å². The van der Waals surface area contributed by atoms with E-state index in [0.29, 0.717) is 18.7 Å². The topological polar surface area (TPSA) is 72.5 Å². The summed E-state index contributed by atoms with van der Waals surface area (Å²) in [6, 6.07) is 4.35. The minimum atomic E-state index is -3.85. The number of hydrogen-bond acceptors (Lipinski definition) is 4. The van der Waals surface area contributed by atoms with Gasteiger partial charge in [0.1, 0.15) is 0 Å². The van der Waals surface area contributed by atoms with E-state index in [1.807, 2.05) is 0 Å². The molecule has 0 aliphatic heterocycles. The zero-order valence-corrected chi connectivity index (χ0v) is 11.6. The highest BCUT2D eigenvalue weighted by atomic mass is 35.7. The third-order valence-corrected chi connectivity index (χ3v) is 3.77. The predicted molar refractivity (Wildman–Crippen MR) is 68.4 cm³/mol. The molecule has 1 aromatic rings. The van der Waals surface area contributed by atoms with E-state index in [9.17, 15) is 13.2 Å². The standard InChI is InChI=1S/C11H14ClNO4S/c1-8-3-4-9(7-10(8)18(12,15)16)11(14)13-5-6-17-2/h3-4,7H,5-6H2,1-2H3,(H,13,14). The largest absolute Gasteiger partial charge is 0.383 e. The summed E-state index contributed by atoms with van der Waals surface area (Å²) in [5.41, 5.74) is 0.745. The van der Waals surface area contributed by atoms with Crippen LogP contribution in [0, 0.1) is 6.92 Å². The van der Waals surface area contributed by atoms with Crippen molar-refractivity contribution in [1.29, 1.82) is 0 Å². The molecule has 1 aromatic carbocycles. The highest BCUT2D eigenvalue weighted by molar-refractivity contribution is 8.13. The number of amides is 1. The Morgan fingerprint density at radius 3 is 2.67 bits per heavy atom. The lowest BCUT2D eigenvalue weighted by Gasteiger charge is -2.07. The van der Waals surface area contributed by atoms with Crippen LogP contribution in [-0.4, -0.2) is 34.6 Å². The van der Waals surface area contributed by atoms with Gasteiger partial charge in [-0.1, -0.05) is 6.07 Å². The van der Waals surface area contributed by atoms with E-state index in [4.69, 9.17) is 15.4 Å². The van der Waals surface area contributed by atoms with E-state index >= 15 is 0 Å². The number of ether oxygens (including phenoxy) is 1. The van der Waals surface area contributed by atoms with Crippen molar-refractivity contribution in [2.75, 3.05) is 20.3 Å². The van der Waals surface area contributed by atoms with Gasteiger partial charge in [-0.25, -0.2) is 8.42 Å². The van der Waals surface area contributed by atoms with Crippen LogP contribution in [0.5, 0.6) is 0 Å². The van der Waals surface area contributed by atoms with E-state index in [1.54, 1.807) is 19.1 Å². The minimum Gasteiger partial charge on any atom is -0.383 e. The van der Waals surface area contributed by atoms with Crippen LogP contribution in [0.1, 0.15) is 15.9 Å². The summed E-state index contributed by atoms with van der Waals surface area (Å²) >= 11 is 0. The Balaban J connectivity index is 2.95. The van der Waals surface area contributed by atoms with Gasteiger partial charge in [0.05, 0.1) is 11.5 Å². The number of aryl methyl sites for hydroxylation is 1. The third-order valence-electron chi connectivity index (χ3n) is 2.30. The van der Waals surface area contributed by atoms with Crippen LogP contribution < -0.4 is 5.32 Å². The number of rotatable bonds is 5. The molecule has 0 unspecified atom stereocenters. The van der Waals surface area contributed by atoms with Gasteiger partial charge in [-0.15, -0.1) is 0 Å². The fourth-order valence-electron chi connectivity index (χ4n) is 1.37. The highest BCUT2D eigenvalue weighted by Gasteiger charge is 2.16. The van der Waals surface area contributed by atoms with Crippen molar-refractivity contribution in [3.05, 3.63) is 29.3 Å². The average molecular weight is 292 g/mol. The maximum Gasteiger partial charge on any atom is 0.261 e. The Morgan fingerprint density at radius 1 is 1.44 bits per heavy atom. The van der Waals surface area contributed by atoms with Crippen LogP contribution in [0.2, 0.25) is 0 Å². The van der Waals surface area contributed by atoms with Gasteiger partial charge in [0.2, 0.25) is 0 Å². The summed E-state index contributed by atoms with van der Waals surface area (Å²) in [6.07, 6.45) is 0. The van der Waals surface area contributed by atoms with Crippen molar-refractivity contribution in [3.8, 4) is 0 Å². The highest BCUT2D eigenvalue weighted by Crippen LogP contribution is 2.20. The maximum absolute atomic E-state index is 11.7. The summed E-state index contributed by atoms with van der Waals surface area (Å²) < 4.78 is 27.4. The number of benzene rings is 1. The average Bonchev–Trinajstić information content (AvgIpc) is 2.28. The Kier molecular flexibility index (Phi) is 5.13. The van der Waals surface area contributed by atoms with Crippen molar-refractivity contribution < 1.29 is 17.9 Å². The molecule has 0 saturated heterocycles. The molecule has 0 heterocycles. The first kappa shape index (κ1) is 14.9. The fourth-order valence-corrected chi connectivity index (χ4v) is 2.59. The van der Waals surface area contributed by atoms with Crippen molar-refractivity contribution >= 4 is 25.6 Å². The molecule has 0 atom stereocenters. The second kappa shape index (κ2) is 6.17. The predicted octanol–water partition coefficient (Wildman–Crippen LogP) is 1.30. The lowest BCUT2D eigenvalue weighted by atomic mass is 10.1. The third kappa shape index (κ3) is 3.97. The summed E-state index contributed by atoms with van der Waals surface area (Å²) in [7, 11) is 2.96. The lowest BCUT2D eigenvalue weighted by molar-refractivity contribution is 0.0937. The quantitative estimate of drug-likeness (QED) is 0.655. The Morgan fingerprint density at radius 2 is 2.11 bits per heavy atom. The molecule has 0 aromatic heterocycles. The molecule has 0 aliphatic rings.